The summed E-state index contributed by atoms with van der Waals surface area (Å²) in [5.74, 6) is -0.942. The van der Waals surface area contributed by atoms with Gasteiger partial charge in [-0.05, 0) is 37.1 Å². The predicted octanol–water partition coefficient (Wildman–Crippen LogP) is 3.78. The molecule has 3 nitrogen and oxygen atoms in total. The number of halogens is 1. The van der Waals surface area contributed by atoms with Gasteiger partial charge in [0.15, 0.2) is 0 Å². The van der Waals surface area contributed by atoms with E-state index < -0.39 is 5.97 Å². The Balaban J connectivity index is 2.95. The molecular formula is C14H18BrNO2. The maximum atomic E-state index is 10.5. The third-order valence-electron chi connectivity index (χ3n) is 3.05. The van der Waals surface area contributed by atoms with Crippen molar-refractivity contribution in [3.63, 3.8) is 0 Å². The summed E-state index contributed by atoms with van der Waals surface area (Å²) in [5, 5.41) is 8.60. The summed E-state index contributed by atoms with van der Waals surface area (Å²) in [6.07, 6.45) is 3.80. The number of rotatable bonds is 5. The van der Waals surface area contributed by atoms with Gasteiger partial charge in [-0.3, -0.25) is 0 Å². The molecule has 0 aromatic heterocycles. The van der Waals surface area contributed by atoms with Crippen LogP contribution < -0.4 is 4.90 Å². The number of carbonyl (C=O) groups is 1. The van der Waals surface area contributed by atoms with E-state index in [1.807, 2.05) is 18.2 Å². The van der Waals surface area contributed by atoms with E-state index in [-0.39, 0.29) is 0 Å². The van der Waals surface area contributed by atoms with E-state index in [9.17, 15) is 4.79 Å². The summed E-state index contributed by atoms with van der Waals surface area (Å²) < 4.78 is 0.896. The first-order valence-electron chi connectivity index (χ1n) is 5.89. The number of hydrogen-bond acceptors (Lipinski definition) is 2. The van der Waals surface area contributed by atoms with Crippen molar-refractivity contribution in [2.24, 2.45) is 0 Å². The summed E-state index contributed by atoms with van der Waals surface area (Å²) in [4.78, 5) is 12.7. The van der Waals surface area contributed by atoms with E-state index in [1.54, 1.807) is 6.08 Å². The average molecular weight is 312 g/mol. The minimum Gasteiger partial charge on any atom is -0.478 e. The topological polar surface area (TPSA) is 40.5 Å². The van der Waals surface area contributed by atoms with Crippen LogP contribution in [0.3, 0.4) is 0 Å². The Morgan fingerprint density at radius 3 is 2.72 bits per heavy atom. The molecule has 1 atom stereocenters. The van der Waals surface area contributed by atoms with Crippen LogP contribution in [0, 0.1) is 0 Å². The zero-order chi connectivity index (χ0) is 13.7. The summed E-state index contributed by atoms with van der Waals surface area (Å²) in [6, 6.07) is 6.39. The predicted molar refractivity (Wildman–Crippen MR) is 79.0 cm³/mol. The summed E-state index contributed by atoms with van der Waals surface area (Å²) in [6.45, 7) is 4.33. The summed E-state index contributed by atoms with van der Waals surface area (Å²) >= 11 is 3.47. The molecule has 0 spiro atoms. The molecule has 1 unspecified atom stereocenters. The smallest absolute Gasteiger partial charge is 0.328 e. The van der Waals surface area contributed by atoms with Crippen molar-refractivity contribution < 1.29 is 9.90 Å². The van der Waals surface area contributed by atoms with Crippen molar-refractivity contribution in [2.45, 2.75) is 26.3 Å². The standard InChI is InChI=1S/C14H18BrNO2/c1-4-10(2)16(3)12-7-5-11(13(15)9-12)6-8-14(17)18/h5-10H,4H2,1-3H3,(H,17,18)/b8-6+. The van der Waals surface area contributed by atoms with Crippen LogP contribution in [0.2, 0.25) is 0 Å². The first-order valence-corrected chi connectivity index (χ1v) is 6.68. The molecule has 0 heterocycles. The zero-order valence-electron chi connectivity index (χ0n) is 10.9. The van der Waals surface area contributed by atoms with Crippen LogP contribution in [0.5, 0.6) is 0 Å². The van der Waals surface area contributed by atoms with Crippen LogP contribution >= 0.6 is 15.9 Å². The molecule has 0 radical (unpaired) electrons. The minimum atomic E-state index is -0.942. The molecule has 1 N–H and O–H groups in total. The van der Waals surface area contributed by atoms with E-state index in [2.05, 4.69) is 41.7 Å². The number of benzene rings is 1. The van der Waals surface area contributed by atoms with Crippen LogP contribution in [-0.4, -0.2) is 24.2 Å². The third-order valence-corrected chi connectivity index (χ3v) is 3.74. The van der Waals surface area contributed by atoms with Gasteiger partial charge in [-0.1, -0.05) is 28.9 Å². The highest BCUT2D eigenvalue weighted by Gasteiger charge is 2.09. The molecular weight excluding hydrogens is 294 g/mol. The number of carboxylic acid groups (broad SMARTS) is 1. The number of aliphatic carboxylic acids is 1. The molecule has 1 aromatic carbocycles. The lowest BCUT2D eigenvalue weighted by Crippen LogP contribution is -2.27. The second kappa shape index (κ2) is 6.59. The molecule has 18 heavy (non-hydrogen) atoms. The molecule has 4 heteroatoms. The largest absolute Gasteiger partial charge is 0.478 e. The first-order chi connectivity index (χ1) is 8.45. The Morgan fingerprint density at radius 2 is 2.22 bits per heavy atom. The SMILES string of the molecule is CCC(C)N(C)c1ccc(/C=C/C(=O)O)c(Br)c1. The molecule has 0 aliphatic carbocycles. The Kier molecular flexibility index (Phi) is 5.41. The normalized spacial score (nSPS) is 12.7. The molecule has 98 valence electrons. The van der Waals surface area contributed by atoms with Crippen molar-refractivity contribution in [3.8, 4) is 0 Å². The van der Waals surface area contributed by atoms with Crippen LogP contribution in [0.25, 0.3) is 6.08 Å². The van der Waals surface area contributed by atoms with Gasteiger partial charge in [0.05, 0.1) is 0 Å². The number of nitrogens with zero attached hydrogens (tertiary/aromatic N) is 1. The molecule has 1 aromatic rings. The van der Waals surface area contributed by atoms with Gasteiger partial charge in [0, 0.05) is 29.3 Å². The fourth-order valence-electron chi connectivity index (χ4n) is 1.56. The molecule has 0 fully saturated rings. The van der Waals surface area contributed by atoms with Gasteiger partial charge in [0.1, 0.15) is 0 Å². The number of anilines is 1. The van der Waals surface area contributed by atoms with Crippen LogP contribution in [0.1, 0.15) is 25.8 Å². The summed E-state index contributed by atoms with van der Waals surface area (Å²) in [5.41, 5.74) is 1.97. The number of carboxylic acids is 1. The fraction of sp³-hybridized carbons (Fsp3) is 0.357. The zero-order valence-corrected chi connectivity index (χ0v) is 12.4. The van der Waals surface area contributed by atoms with E-state index in [0.29, 0.717) is 6.04 Å². The molecule has 0 aliphatic rings. The average Bonchev–Trinajstić information content (AvgIpc) is 2.35. The minimum absolute atomic E-state index is 0.470. The van der Waals surface area contributed by atoms with Crippen LogP contribution in [0.15, 0.2) is 28.7 Å². The maximum absolute atomic E-state index is 10.5. The van der Waals surface area contributed by atoms with Crippen LogP contribution in [0.4, 0.5) is 5.69 Å². The summed E-state index contributed by atoms with van der Waals surface area (Å²) in [7, 11) is 2.06. The fourth-order valence-corrected chi connectivity index (χ4v) is 2.06. The molecule has 0 bridgehead atoms. The van der Waals surface area contributed by atoms with E-state index in [4.69, 9.17) is 5.11 Å². The van der Waals surface area contributed by atoms with Crippen molar-refractivity contribution in [3.05, 3.63) is 34.3 Å². The van der Waals surface area contributed by atoms with Gasteiger partial charge in [-0.2, -0.15) is 0 Å². The second-order valence-corrected chi connectivity index (χ2v) is 5.10. The molecule has 0 saturated carbocycles. The molecule has 0 saturated heterocycles. The lowest BCUT2D eigenvalue weighted by Gasteiger charge is -2.26. The van der Waals surface area contributed by atoms with Gasteiger partial charge < -0.3 is 10.0 Å². The van der Waals surface area contributed by atoms with Gasteiger partial charge in [0.2, 0.25) is 0 Å². The number of hydrogen-bond donors (Lipinski definition) is 1. The highest BCUT2D eigenvalue weighted by molar-refractivity contribution is 9.10. The van der Waals surface area contributed by atoms with E-state index in [0.717, 1.165) is 28.2 Å². The third kappa shape index (κ3) is 3.88. The Labute approximate surface area is 116 Å². The highest BCUT2D eigenvalue weighted by atomic mass is 79.9. The monoisotopic (exact) mass is 311 g/mol. The van der Waals surface area contributed by atoms with Gasteiger partial charge in [-0.15, -0.1) is 0 Å². The molecule has 1 rings (SSSR count). The first kappa shape index (κ1) is 14.8. The molecule has 0 aliphatic heterocycles. The maximum Gasteiger partial charge on any atom is 0.328 e. The van der Waals surface area contributed by atoms with Crippen molar-refractivity contribution in [1.82, 2.24) is 0 Å². The van der Waals surface area contributed by atoms with E-state index >= 15 is 0 Å². The van der Waals surface area contributed by atoms with Gasteiger partial charge >= 0.3 is 5.97 Å². The van der Waals surface area contributed by atoms with E-state index in [1.165, 1.54) is 0 Å². The van der Waals surface area contributed by atoms with Gasteiger partial charge in [-0.25, -0.2) is 4.79 Å². The Hall–Kier alpha value is -1.29. The quantitative estimate of drug-likeness (QED) is 0.841. The van der Waals surface area contributed by atoms with Crippen molar-refractivity contribution in [1.29, 1.82) is 0 Å². The van der Waals surface area contributed by atoms with Gasteiger partial charge in [0.25, 0.3) is 0 Å². The second-order valence-electron chi connectivity index (χ2n) is 4.25. The lowest BCUT2D eigenvalue weighted by atomic mass is 10.1. The highest BCUT2D eigenvalue weighted by Crippen LogP contribution is 2.26. The molecule has 0 amide bonds. The Morgan fingerprint density at radius 1 is 1.56 bits per heavy atom. The van der Waals surface area contributed by atoms with Crippen molar-refractivity contribution >= 4 is 33.7 Å². The van der Waals surface area contributed by atoms with Crippen molar-refractivity contribution in [2.75, 3.05) is 11.9 Å². The van der Waals surface area contributed by atoms with Crippen LogP contribution in [-0.2, 0) is 4.79 Å². The Bertz CT molecular complexity index is 457. The lowest BCUT2D eigenvalue weighted by molar-refractivity contribution is -0.131.